The average Bonchev–Trinajstić information content (AvgIpc) is 1.97. The number of hydrogen-bond donors (Lipinski definition) is 0. The fourth-order valence-electron chi connectivity index (χ4n) is 1.11. The largest absolute Gasteiger partial charge is 0.303 e. The molecule has 0 spiro atoms. The molecule has 0 rings (SSSR count). The molecule has 0 aromatic carbocycles. The summed E-state index contributed by atoms with van der Waals surface area (Å²) in [6.45, 7) is 6.71. The van der Waals surface area contributed by atoms with Crippen molar-refractivity contribution in [3.8, 4) is 0 Å². The van der Waals surface area contributed by atoms with Gasteiger partial charge in [0.2, 0.25) is 0 Å². The lowest BCUT2D eigenvalue weighted by Gasteiger charge is -2.10. The van der Waals surface area contributed by atoms with Crippen molar-refractivity contribution in [2.75, 3.05) is 0 Å². The van der Waals surface area contributed by atoms with Gasteiger partial charge in [0.15, 0.2) is 0 Å². The Hall–Kier alpha value is -0.330. The van der Waals surface area contributed by atoms with E-state index in [9.17, 15) is 4.79 Å². The Labute approximate surface area is 70.2 Å². The van der Waals surface area contributed by atoms with Crippen LogP contribution in [-0.2, 0) is 4.79 Å². The molecule has 0 radical (unpaired) electrons. The first-order valence-corrected chi connectivity index (χ1v) is 4.60. The van der Waals surface area contributed by atoms with Crippen LogP contribution in [0.25, 0.3) is 0 Å². The maximum atomic E-state index is 10.0. The van der Waals surface area contributed by atoms with E-state index in [0.29, 0.717) is 0 Å². The molecule has 0 aliphatic rings. The van der Waals surface area contributed by atoms with Crippen LogP contribution in [0.3, 0.4) is 0 Å². The molecular weight excluding hydrogens is 136 g/mol. The van der Waals surface area contributed by atoms with Crippen LogP contribution in [0.4, 0.5) is 0 Å². The van der Waals surface area contributed by atoms with Crippen molar-refractivity contribution in [1.29, 1.82) is 0 Å². The van der Waals surface area contributed by atoms with Gasteiger partial charge in [-0.15, -0.1) is 0 Å². The van der Waals surface area contributed by atoms with Gasteiger partial charge in [0.1, 0.15) is 6.29 Å². The summed E-state index contributed by atoms with van der Waals surface area (Å²) in [6.07, 6.45) is 5.38. The molecule has 0 aliphatic carbocycles. The summed E-state index contributed by atoms with van der Waals surface area (Å²) >= 11 is 0. The summed E-state index contributed by atoms with van der Waals surface area (Å²) in [5, 5.41) is 0. The summed E-state index contributed by atoms with van der Waals surface area (Å²) < 4.78 is 0. The van der Waals surface area contributed by atoms with Gasteiger partial charge in [0.05, 0.1) is 0 Å². The van der Waals surface area contributed by atoms with Crippen molar-refractivity contribution in [3.63, 3.8) is 0 Å². The van der Waals surface area contributed by atoms with Crippen LogP contribution in [0.15, 0.2) is 0 Å². The molecule has 0 aliphatic heterocycles. The van der Waals surface area contributed by atoms with E-state index in [2.05, 4.69) is 20.8 Å². The highest BCUT2D eigenvalue weighted by atomic mass is 16.1. The minimum Gasteiger partial charge on any atom is -0.303 e. The zero-order valence-electron chi connectivity index (χ0n) is 7.97. The van der Waals surface area contributed by atoms with Gasteiger partial charge in [-0.25, -0.2) is 0 Å². The maximum absolute atomic E-state index is 10.0. The molecule has 11 heavy (non-hydrogen) atoms. The molecule has 0 aromatic rings. The number of rotatable bonds is 6. The van der Waals surface area contributed by atoms with E-state index in [1.54, 1.807) is 0 Å². The Morgan fingerprint density at radius 2 is 1.73 bits per heavy atom. The topological polar surface area (TPSA) is 17.1 Å². The number of hydrogen-bond acceptors (Lipinski definition) is 1. The van der Waals surface area contributed by atoms with E-state index in [4.69, 9.17) is 0 Å². The predicted octanol–water partition coefficient (Wildman–Crippen LogP) is 3.04. The van der Waals surface area contributed by atoms with Crippen LogP contribution >= 0.6 is 0 Å². The quantitative estimate of drug-likeness (QED) is 0.540. The van der Waals surface area contributed by atoms with Crippen LogP contribution in [0.1, 0.15) is 46.5 Å². The Balaban J connectivity index is 3.21. The van der Waals surface area contributed by atoms with Gasteiger partial charge in [-0.2, -0.15) is 0 Å². The zero-order valence-corrected chi connectivity index (χ0v) is 7.97. The van der Waals surface area contributed by atoms with Crippen LogP contribution in [0.2, 0.25) is 0 Å². The first kappa shape index (κ1) is 10.7. The molecular formula is C10H20O. The van der Waals surface area contributed by atoms with Gasteiger partial charge in [-0.05, 0) is 18.3 Å². The van der Waals surface area contributed by atoms with Gasteiger partial charge < -0.3 is 4.79 Å². The monoisotopic (exact) mass is 156 g/mol. The molecule has 0 amide bonds. The molecule has 0 aromatic heterocycles. The molecule has 0 bridgehead atoms. The third-order valence-electron chi connectivity index (χ3n) is 2.01. The minimum absolute atomic E-state index is 0.725. The highest BCUT2D eigenvalue weighted by Gasteiger charge is 2.02. The molecule has 66 valence electrons. The lowest BCUT2D eigenvalue weighted by Crippen LogP contribution is -1.98. The molecule has 0 unspecified atom stereocenters. The number of aldehydes is 1. The molecule has 0 N–H and O–H groups in total. The van der Waals surface area contributed by atoms with Crippen LogP contribution in [0, 0.1) is 11.8 Å². The highest BCUT2D eigenvalue weighted by Crippen LogP contribution is 2.15. The maximum Gasteiger partial charge on any atom is 0.120 e. The van der Waals surface area contributed by atoms with Crippen molar-refractivity contribution in [2.24, 2.45) is 11.8 Å². The lowest BCUT2D eigenvalue weighted by molar-refractivity contribution is -0.108. The number of carbonyl (C=O) groups is 1. The second kappa shape index (κ2) is 6.38. The van der Waals surface area contributed by atoms with E-state index in [1.165, 1.54) is 12.8 Å². The minimum atomic E-state index is 0.725. The van der Waals surface area contributed by atoms with Crippen molar-refractivity contribution < 1.29 is 4.79 Å². The average molecular weight is 156 g/mol. The second-order valence-electron chi connectivity index (χ2n) is 3.82. The van der Waals surface area contributed by atoms with Crippen molar-refractivity contribution in [3.05, 3.63) is 0 Å². The first-order valence-electron chi connectivity index (χ1n) is 4.60. The Bertz CT molecular complexity index is 97.0. The van der Waals surface area contributed by atoms with Gasteiger partial charge in [0, 0.05) is 6.42 Å². The van der Waals surface area contributed by atoms with Crippen LogP contribution in [0.5, 0.6) is 0 Å². The van der Waals surface area contributed by atoms with Crippen molar-refractivity contribution >= 4 is 6.29 Å². The smallest absolute Gasteiger partial charge is 0.120 e. The molecule has 1 nitrogen and oxygen atoms in total. The first-order chi connectivity index (χ1) is 5.16. The number of carbonyl (C=O) groups excluding carboxylic acids is 1. The molecule has 0 saturated heterocycles. The Kier molecular flexibility index (Phi) is 6.19. The fraction of sp³-hybridized carbons (Fsp3) is 0.900. The summed E-state index contributed by atoms with van der Waals surface area (Å²) in [6, 6.07) is 0. The van der Waals surface area contributed by atoms with Gasteiger partial charge >= 0.3 is 0 Å². The zero-order chi connectivity index (χ0) is 8.69. The Morgan fingerprint density at radius 1 is 1.09 bits per heavy atom. The van der Waals surface area contributed by atoms with Crippen molar-refractivity contribution in [1.82, 2.24) is 0 Å². The molecule has 0 saturated carbocycles. The SMILES string of the molecule is CC(C)CC[C@@H](C)CCC=O. The second-order valence-corrected chi connectivity index (χ2v) is 3.82. The fourth-order valence-corrected chi connectivity index (χ4v) is 1.11. The van der Waals surface area contributed by atoms with Crippen LogP contribution < -0.4 is 0 Å². The van der Waals surface area contributed by atoms with Gasteiger partial charge in [0.25, 0.3) is 0 Å². The van der Waals surface area contributed by atoms with E-state index >= 15 is 0 Å². The normalized spacial score (nSPS) is 13.5. The molecule has 0 fully saturated rings. The highest BCUT2D eigenvalue weighted by molar-refractivity contribution is 5.49. The van der Waals surface area contributed by atoms with Crippen molar-refractivity contribution in [2.45, 2.75) is 46.5 Å². The van der Waals surface area contributed by atoms with Gasteiger partial charge in [-0.1, -0.05) is 33.6 Å². The van der Waals surface area contributed by atoms with E-state index in [-0.39, 0.29) is 0 Å². The summed E-state index contributed by atoms with van der Waals surface area (Å²) in [7, 11) is 0. The van der Waals surface area contributed by atoms with E-state index in [0.717, 1.165) is 31.0 Å². The standard InChI is InChI=1S/C10H20O/c1-9(2)6-7-10(3)5-4-8-11/h8-10H,4-7H2,1-3H3/t10-/m0/s1. The molecule has 1 atom stereocenters. The van der Waals surface area contributed by atoms with E-state index in [1.807, 2.05) is 0 Å². The molecule has 1 heteroatoms. The summed E-state index contributed by atoms with van der Waals surface area (Å²) in [5.41, 5.74) is 0. The Morgan fingerprint density at radius 3 is 2.18 bits per heavy atom. The summed E-state index contributed by atoms with van der Waals surface area (Å²) in [5.74, 6) is 1.52. The predicted molar refractivity (Wildman–Crippen MR) is 48.5 cm³/mol. The van der Waals surface area contributed by atoms with Crippen LogP contribution in [-0.4, -0.2) is 6.29 Å². The molecule has 0 heterocycles. The lowest BCUT2D eigenvalue weighted by atomic mass is 9.96. The van der Waals surface area contributed by atoms with Gasteiger partial charge in [-0.3, -0.25) is 0 Å². The third kappa shape index (κ3) is 7.57. The third-order valence-corrected chi connectivity index (χ3v) is 2.01. The summed E-state index contributed by atoms with van der Waals surface area (Å²) in [4.78, 5) is 10.0. The van der Waals surface area contributed by atoms with E-state index < -0.39 is 0 Å².